The predicted molar refractivity (Wildman–Crippen MR) is 69.8 cm³/mol. The van der Waals surface area contributed by atoms with Crippen LogP contribution in [0.1, 0.15) is 33.6 Å². The molecule has 1 saturated carbocycles. The van der Waals surface area contributed by atoms with Crippen LogP contribution in [0.15, 0.2) is 12.7 Å². The highest BCUT2D eigenvalue weighted by Crippen LogP contribution is 2.36. The largest absolute Gasteiger partial charge is 0.342 e. The van der Waals surface area contributed by atoms with Gasteiger partial charge in [0.25, 0.3) is 0 Å². The lowest BCUT2D eigenvalue weighted by Gasteiger charge is -2.43. The Hall–Kier alpha value is -1.32. The number of amides is 2. The van der Waals surface area contributed by atoms with Crippen molar-refractivity contribution in [3.63, 3.8) is 0 Å². The molecule has 3 atom stereocenters. The SMILES string of the molecule is C=CC(C)N1C(=O)C(C2CC2)NC(=O)C1C(C)C. The van der Waals surface area contributed by atoms with Gasteiger partial charge in [-0.15, -0.1) is 6.58 Å². The molecule has 100 valence electrons. The molecule has 2 aliphatic rings. The Bertz CT molecular complexity index is 374. The zero-order valence-corrected chi connectivity index (χ0v) is 11.3. The topological polar surface area (TPSA) is 49.4 Å². The number of nitrogens with zero attached hydrogens (tertiary/aromatic N) is 1. The highest BCUT2D eigenvalue weighted by Gasteiger charge is 2.48. The van der Waals surface area contributed by atoms with E-state index >= 15 is 0 Å². The average Bonchev–Trinajstić information content (AvgIpc) is 3.13. The summed E-state index contributed by atoms with van der Waals surface area (Å²) in [4.78, 5) is 26.5. The minimum absolute atomic E-state index is 0.0183. The van der Waals surface area contributed by atoms with Gasteiger partial charge in [0, 0.05) is 6.04 Å². The predicted octanol–water partition coefficient (Wildman–Crippen LogP) is 1.32. The van der Waals surface area contributed by atoms with E-state index in [9.17, 15) is 9.59 Å². The molecule has 0 aromatic rings. The van der Waals surface area contributed by atoms with Crippen LogP contribution in [0.25, 0.3) is 0 Å². The fourth-order valence-corrected chi connectivity index (χ4v) is 2.66. The Kier molecular flexibility index (Phi) is 3.46. The number of rotatable bonds is 4. The first-order chi connectivity index (χ1) is 8.47. The molecule has 1 heterocycles. The van der Waals surface area contributed by atoms with Crippen molar-refractivity contribution in [2.24, 2.45) is 11.8 Å². The maximum Gasteiger partial charge on any atom is 0.246 e. The lowest BCUT2D eigenvalue weighted by Crippen LogP contribution is -2.67. The first-order valence-electron chi connectivity index (χ1n) is 6.72. The van der Waals surface area contributed by atoms with Crippen LogP contribution in [-0.4, -0.2) is 34.8 Å². The molecule has 0 radical (unpaired) electrons. The van der Waals surface area contributed by atoms with E-state index in [1.807, 2.05) is 20.8 Å². The van der Waals surface area contributed by atoms with Crippen molar-refractivity contribution in [1.29, 1.82) is 0 Å². The van der Waals surface area contributed by atoms with Crippen molar-refractivity contribution in [1.82, 2.24) is 10.2 Å². The van der Waals surface area contributed by atoms with Crippen molar-refractivity contribution in [3.8, 4) is 0 Å². The molecule has 4 nitrogen and oxygen atoms in total. The van der Waals surface area contributed by atoms with E-state index in [0.29, 0.717) is 5.92 Å². The molecule has 1 aliphatic heterocycles. The number of hydrogen-bond acceptors (Lipinski definition) is 2. The zero-order chi connectivity index (χ0) is 13.4. The lowest BCUT2D eigenvalue weighted by molar-refractivity contribution is -0.153. The second-order valence-corrected chi connectivity index (χ2v) is 5.73. The first kappa shape index (κ1) is 13.1. The Balaban J connectivity index is 2.28. The standard InChI is InChI=1S/C14H22N2O2/c1-5-9(4)16-12(8(2)3)13(17)15-11(14(16)18)10-6-7-10/h5,8-12H,1,6-7H2,2-4H3,(H,15,17). The maximum absolute atomic E-state index is 12.5. The number of piperazine rings is 1. The molecular weight excluding hydrogens is 228 g/mol. The van der Waals surface area contributed by atoms with Crippen LogP contribution in [0.2, 0.25) is 0 Å². The van der Waals surface area contributed by atoms with Gasteiger partial charge in [-0.05, 0) is 31.6 Å². The smallest absolute Gasteiger partial charge is 0.246 e. The number of carbonyl (C=O) groups excluding carboxylic acids is 2. The summed E-state index contributed by atoms with van der Waals surface area (Å²) >= 11 is 0. The Morgan fingerprint density at radius 3 is 2.39 bits per heavy atom. The lowest BCUT2D eigenvalue weighted by atomic mass is 9.94. The van der Waals surface area contributed by atoms with E-state index in [1.165, 1.54) is 0 Å². The van der Waals surface area contributed by atoms with Crippen molar-refractivity contribution in [3.05, 3.63) is 12.7 Å². The van der Waals surface area contributed by atoms with Crippen LogP contribution in [0, 0.1) is 11.8 Å². The molecular formula is C14H22N2O2. The second-order valence-electron chi connectivity index (χ2n) is 5.73. The van der Waals surface area contributed by atoms with Crippen LogP contribution in [-0.2, 0) is 9.59 Å². The molecule has 0 aromatic carbocycles. The van der Waals surface area contributed by atoms with E-state index < -0.39 is 0 Å². The molecule has 1 saturated heterocycles. The Morgan fingerprint density at radius 2 is 1.94 bits per heavy atom. The van der Waals surface area contributed by atoms with Gasteiger partial charge in [-0.25, -0.2) is 0 Å². The number of hydrogen-bond donors (Lipinski definition) is 1. The molecule has 0 spiro atoms. The molecule has 1 aliphatic carbocycles. The average molecular weight is 250 g/mol. The van der Waals surface area contributed by atoms with Gasteiger partial charge in [-0.3, -0.25) is 9.59 Å². The van der Waals surface area contributed by atoms with E-state index in [1.54, 1.807) is 11.0 Å². The number of nitrogens with one attached hydrogen (secondary N) is 1. The van der Waals surface area contributed by atoms with Crippen molar-refractivity contribution < 1.29 is 9.59 Å². The highest BCUT2D eigenvalue weighted by molar-refractivity contribution is 5.97. The normalized spacial score (nSPS) is 30.3. The van der Waals surface area contributed by atoms with Crippen molar-refractivity contribution in [2.45, 2.75) is 51.7 Å². The second kappa shape index (κ2) is 4.75. The molecule has 2 amide bonds. The van der Waals surface area contributed by atoms with Crippen LogP contribution < -0.4 is 5.32 Å². The molecule has 4 heteroatoms. The Morgan fingerprint density at radius 1 is 1.33 bits per heavy atom. The number of carbonyl (C=O) groups is 2. The van der Waals surface area contributed by atoms with Gasteiger partial charge in [0.2, 0.25) is 11.8 Å². The van der Waals surface area contributed by atoms with Gasteiger partial charge in [-0.1, -0.05) is 19.9 Å². The van der Waals surface area contributed by atoms with Gasteiger partial charge in [0.1, 0.15) is 12.1 Å². The third-order valence-corrected chi connectivity index (χ3v) is 3.89. The van der Waals surface area contributed by atoms with Gasteiger partial charge in [0.15, 0.2) is 0 Å². The third-order valence-electron chi connectivity index (χ3n) is 3.89. The zero-order valence-electron chi connectivity index (χ0n) is 11.3. The van der Waals surface area contributed by atoms with Crippen LogP contribution in [0.5, 0.6) is 0 Å². The quantitative estimate of drug-likeness (QED) is 0.765. The summed E-state index contributed by atoms with van der Waals surface area (Å²) in [7, 11) is 0. The Labute approximate surface area is 108 Å². The van der Waals surface area contributed by atoms with E-state index in [0.717, 1.165) is 12.8 Å². The summed E-state index contributed by atoms with van der Waals surface area (Å²) < 4.78 is 0. The summed E-state index contributed by atoms with van der Waals surface area (Å²) in [6.45, 7) is 9.61. The summed E-state index contributed by atoms with van der Waals surface area (Å²) in [6, 6.07) is -0.785. The highest BCUT2D eigenvalue weighted by atomic mass is 16.2. The van der Waals surface area contributed by atoms with Crippen LogP contribution in [0.4, 0.5) is 0 Å². The molecule has 0 bridgehead atoms. The first-order valence-corrected chi connectivity index (χ1v) is 6.72. The molecule has 3 unspecified atom stereocenters. The van der Waals surface area contributed by atoms with Gasteiger partial charge < -0.3 is 10.2 Å². The molecule has 18 heavy (non-hydrogen) atoms. The fourth-order valence-electron chi connectivity index (χ4n) is 2.66. The summed E-state index contributed by atoms with van der Waals surface area (Å²) in [5.74, 6) is 0.490. The van der Waals surface area contributed by atoms with E-state index in [4.69, 9.17) is 0 Å². The minimum atomic E-state index is -0.375. The fraction of sp³-hybridized carbons (Fsp3) is 0.714. The van der Waals surface area contributed by atoms with Crippen molar-refractivity contribution in [2.75, 3.05) is 0 Å². The molecule has 2 rings (SSSR count). The van der Waals surface area contributed by atoms with Gasteiger partial charge in [-0.2, -0.15) is 0 Å². The summed E-state index contributed by atoms with van der Waals surface area (Å²) in [6.07, 6.45) is 3.81. The summed E-state index contributed by atoms with van der Waals surface area (Å²) in [5.41, 5.74) is 0. The van der Waals surface area contributed by atoms with Gasteiger partial charge >= 0.3 is 0 Å². The van der Waals surface area contributed by atoms with Crippen molar-refractivity contribution >= 4 is 11.8 Å². The van der Waals surface area contributed by atoms with E-state index in [2.05, 4.69) is 11.9 Å². The van der Waals surface area contributed by atoms with Gasteiger partial charge in [0.05, 0.1) is 0 Å². The van der Waals surface area contributed by atoms with Crippen LogP contribution in [0.3, 0.4) is 0 Å². The summed E-state index contributed by atoms with van der Waals surface area (Å²) in [5, 5.41) is 2.90. The molecule has 1 N–H and O–H groups in total. The third kappa shape index (κ3) is 2.16. The maximum atomic E-state index is 12.5. The van der Waals surface area contributed by atoms with Crippen LogP contribution >= 0.6 is 0 Å². The minimum Gasteiger partial charge on any atom is -0.342 e. The molecule has 2 fully saturated rings. The monoisotopic (exact) mass is 250 g/mol. The molecule has 0 aromatic heterocycles. The van der Waals surface area contributed by atoms with E-state index in [-0.39, 0.29) is 35.9 Å².